The predicted octanol–water partition coefficient (Wildman–Crippen LogP) is 2.56. The summed E-state index contributed by atoms with van der Waals surface area (Å²) in [7, 11) is 1.55. The molecule has 142 valence electrons. The monoisotopic (exact) mass is 368 g/mol. The first-order valence-electron chi connectivity index (χ1n) is 9.11. The van der Waals surface area contributed by atoms with E-state index in [-0.39, 0.29) is 17.5 Å². The third-order valence-corrected chi connectivity index (χ3v) is 4.52. The van der Waals surface area contributed by atoms with E-state index >= 15 is 0 Å². The summed E-state index contributed by atoms with van der Waals surface area (Å²) in [5.74, 6) is 1.24. The van der Waals surface area contributed by atoms with Crippen molar-refractivity contribution in [3.8, 4) is 11.5 Å². The van der Waals surface area contributed by atoms with E-state index in [4.69, 9.17) is 4.74 Å². The maximum Gasteiger partial charge on any atom is 0.269 e. The van der Waals surface area contributed by atoms with Gasteiger partial charge in [0.15, 0.2) is 5.75 Å². The van der Waals surface area contributed by atoms with E-state index in [9.17, 15) is 9.59 Å². The van der Waals surface area contributed by atoms with Crippen molar-refractivity contribution in [2.24, 2.45) is 5.92 Å². The number of ether oxygens (including phenoxy) is 1. The summed E-state index contributed by atoms with van der Waals surface area (Å²) < 4.78 is 5.88. The number of hydrogen-bond acceptors (Lipinski definition) is 5. The molecular formula is C20H24N4O3. The highest BCUT2D eigenvalue weighted by molar-refractivity contribution is 5.93. The van der Waals surface area contributed by atoms with Gasteiger partial charge in [0.2, 0.25) is 5.91 Å². The predicted molar refractivity (Wildman–Crippen MR) is 103 cm³/mol. The van der Waals surface area contributed by atoms with Gasteiger partial charge in [0.1, 0.15) is 11.4 Å². The van der Waals surface area contributed by atoms with Gasteiger partial charge in [0.25, 0.3) is 5.91 Å². The SMILES string of the molecule is CNC(=O)c1cc(Oc2ccccc2NC(=O)CCC2CCNC2)ccn1. The molecule has 1 fully saturated rings. The molecule has 1 atom stereocenters. The molecule has 1 aliphatic heterocycles. The van der Waals surface area contributed by atoms with Crippen molar-refractivity contribution in [3.63, 3.8) is 0 Å². The zero-order valence-electron chi connectivity index (χ0n) is 15.3. The zero-order chi connectivity index (χ0) is 19.1. The summed E-state index contributed by atoms with van der Waals surface area (Å²) in [4.78, 5) is 28.0. The smallest absolute Gasteiger partial charge is 0.269 e. The lowest BCUT2D eigenvalue weighted by atomic mass is 10.0. The normalized spacial score (nSPS) is 16.0. The summed E-state index contributed by atoms with van der Waals surface area (Å²) >= 11 is 0. The van der Waals surface area contributed by atoms with Crippen molar-refractivity contribution >= 4 is 17.5 Å². The number of hydrogen-bond donors (Lipinski definition) is 3. The van der Waals surface area contributed by atoms with Gasteiger partial charge in [-0.05, 0) is 50.0 Å². The van der Waals surface area contributed by atoms with Gasteiger partial charge in [-0.15, -0.1) is 0 Å². The van der Waals surface area contributed by atoms with Crippen molar-refractivity contribution in [1.29, 1.82) is 0 Å². The van der Waals surface area contributed by atoms with E-state index in [2.05, 4.69) is 20.9 Å². The highest BCUT2D eigenvalue weighted by Crippen LogP contribution is 2.29. The van der Waals surface area contributed by atoms with Gasteiger partial charge in [-0.2, -0.15) is 0 Å². The van der Waals surface area contributed by atoms with Crippen molar-refractivity contribution in [2.75, 3.05) is 25.5 Å². The Morgan fingerprint density at radius 3 is 2.93 bits per heavy atom. The fraction of sp³-hybridized carbons (Fsp3) is 0.350. The molecule has 0 saturated carbocycles. The van der Waals surface area contributed by atoms with Gasteiger partial charge in [-0.3, -0.25) is 14.6 Å². The number of benzene rings is 1. The first kappa shape index (κ1) is 18.8. The fourth-order valence-electron chi connectivity index (χ4n) is 3.02. The second-order valence-corrected chi connectivity index (χ2v) is 6.50. The number of rotatable bonds is 7. The van der Waals surface area contributed by atoms with Gasteiger partial charge >= 0.3 is 0 Å². The Kier molecular flexibility index (Phi) is 6.38. The molecule has 3 rings (SSSR count). The average Bonchev–Trinajstić information content (AvgIpc) is 3.21. The number of carbonyl (C=O) groups excluding carboxylic acids is 2. The largest absolute Gasteiger partial charge is 0.455 e. The Hall–Kier alpha value is -2.93. The lowest BCUT2D eigenvalue weighted by Crippen LogP contribution is -2.19. The van der Waals surface area contributed by atoms with E-state index in [1.807, 2.05) is 12.1 Å². The molecule has 0 aliphatic carbocycles. The molecule has 7 heteroatoms. The molecule has 7 nitrogen and oxygen atoms in total. The van der Waals surface area contributed by atoms with E-state index in [0.29, 0.717) is 29.5 Å². The third-order valence-electron chi connectivity index (χ3n) is 4.52. The van der Waals surface area contributed by atoms with Crippen LogP contribution < -0.4 is 20.7 Å². The molecule has 0 radical (unpaired) electrons. The quantitative estimate of drug-likeness (QED) is 0.699. The van der Waals surface area contributed by atoms with Crippen LogP contribution in [0.25, 0.3) is 0 Å². The number of carbonyl (C=O) groups is 2. The summed E-state index contributed by atoms with van der Waals surface area (Å²) in [6.07, 6.45) is 4.00. The van der Waals surface area contributed by atoms with Crippen molar-refractivity contribution < 1.29 is 14.3 Å². The van der Waals surface area contributed by atoms with E-state index in [1.54, 1.807) is 31.3 Å². The van der Waals surface area contributed by atoms with Crippen LogP contribution in [0.15, 0.2) is 42.6 Å². The number of aromatic nitrogens is 1. The second-order valence-electron chi connectivity index (χ2n) is 6.50. The topological polar surface area (TPSA) is 92.4 Å². The molecule has 1 unspecified atom stereocenters. The van der Waals surface area contributed by atoms with Crippen LogP contribution in [0, 0.1) is 5.92 Å². The lowest BCUT2D eigenvalue weighted by molar-refractivity contribution is -0.116. The van der Waals surface area contributed by atoms with Crippen LogP contribution in [-0.4, -0.2) is 36.9 Å². The van der Waals surface area contributed by atoms with Crippen LogP contribution in [-0.2, 0) is 4.79 Å². The van der Waals surface area contributed by atoms with Gasteiger partial charge in [0, 0.05) is 25.7 Å². The second kappa shape index (κ2) is 9.14. The van der Waals surface area contributed by atoms with Crippen molar-refractivity contribution in [3.05, 3.63) is 48.3 Å². The van der Waals surface area contributed by atoms with Gasteiger partial charge < -0.3 is 20.7 Å². The summed E-state index contributed by atoms with van der Waals surface area (Å²) in [5.41, 5.74) is 0.868. The molecule has 2 aromatic rings. The van der Waals surface area contributed by atoms with Gasteiger partial charge in [0.05, 0.1) is 5.69 Å². The molecule has 1 aliphatic rings. The lowest BCUT2D eigenvalue weighted by Gasteiger charge is -2.13. The Balaban J connectivity index is 1.65. The number of para-hydroxylation sites is 2. The number of anilines is 1. The standard InChI is InChI=1S/C20H24N4O3/c1-21-20(26)17-12-15(9-11-23-17)27-18-5-3-2-4-16(18)24-19(25)7-6-14-8-10-22-13-14/h2-5,9,11-12,14,22H,6-8,10,13H2,1H3,(H,21,26)(H,24,25). The minimum Gasteiger partial charge on any atom is -0.455 e. The molecule has 1 aromatic heterocycles. The summed E-state index contributed by atoms with van der Waals surface area (Å²) in [5, 5.41) is 8.77. The maximum absolute atomic E-state index is 12.3. The summed E-state index contributed by atoms with van der Waals surface area (Å²) in [6.45, 7) is 2.02. The van der Waals surface area contributed by atoms with Crippen molar-refractivity contribution in [1.82, 2.24) is 15.6 Å². The Bertz CT molecular complexity index is 803. The van der Waals surface area contributed by atoms with Crippen LogP contribution in [0.3, 0.4) is 0 Å². The van der Waals surface area contributed by atoms with Crippen LogP contribution in [0.2, 0.25) is 0 Å². The Morgan fingerprint density at radius 1 is 1.30 bits per heavy atom. The maximum atomic E-state index is 12.3. The van der Waals surface area contributed by atoms with Gasteiger partial charge in [-0.1, -0.05) is 12.1 Å². The van der Waals surface area contributed by atoms with Crippen LogP contribution in [0.1, 0.15) is 29.8 Å². The minimum absolute atomic E-state index is 0.0290. The van der Waals surface area contributed by atoms with Crippen molar-refractivity contribution in [2.45, 2.75) is 19.3 Å². The molecule has 3 N–H and O–H groups in total. The first-order chi connectivity index (χ1) is 13.2. The Labute approximate surface area is 158 Å². The number of pyridine rings is 1. The molecule has 0 bridgehead atoms. The molecule has 2 heterocycles. The zero-order valence-corrected chi connectivity index (χ0v) is 15.3. The molecule has 1 aromatic carbocycles. The molecule has 27 heavy (non-hydrogen) atoms. The number of nitrogens with one attached hydrogen (secondary N) is 3. The van der Waals surface area contributed by atoms with Gasteiger partial charge in [-0.25, -0.2) is 0 Å². The molecule has 1 saturated heterocycles. The highest BCUT2D eigenvalue weighted by atomic mass is 16.5. The van der Waals surface area contributed by atoms with Crippen LogP contribution in [0.5, 0.6) is 11.5 Å². The number of nitrogens with zero attached hydrogens (tertiary/aromatic N) is 1. The van der Waals surface area contributed by atoms with E-state index in [1.165, 1.54) is 6.20 Å². The minimum atomic E-state index is -0.288. The molecule has 2 amide bonds. The fourth-order valence-corrected chi connectivity index (χ4v) is 3.02. The summed E-state index contributed by atoms with van der Waals surface area (Å²) in [6, 6.07) is 10.5. The van der Waals surface area contributed by atoms with Crippen LogP contribution in [0.4, 0.5) is 5.69 Å². The molecular weight excluding hydrogens is 344 g/mol. The first-order valence-corrected chi connectivity index (χ1v) is 9.11. The van der Waals surface area contributed by atoms with Crippen LogP contribution >= 0.6 is 0 Å². The Morgan fingerprint density at radius 2 is 2.15 bits per heavy atom. The highest BCUT2D eigenvalue weighted by Gasteiger charge is 2.16. The van der Waals surface area contributed by atoms with E-state index < -0.39 is 0 Å². The van der Waals surface area contributed by atoms with E-state index in [0.717, 1.165) is 25.9 Å². The number of amides is 2. The third kappa shape index (κ3) is 5.27. The average molecular weight is 368 g/mol. The molecule has 0 spiro atoms.